The smallest absolute Gasteiger partial charge is 0.241 e. The van der Waals surface area contributed by atoms with E-state index in [-0.39, 0.29) is 18.5 Å². The Kier molecular flexibility index (Phi) is 4.39. The number of benzene rings is 1. The predicted octanol–water partition coefficient (Wildman–Crippen LogP) is 3.63. The number of aromatic nitrogens is 2. The third kappa shape index (κ3) is 2.98. The number of carbonyl (C=O) groups is 1. The second-order valence-corrected chi connectivity index (χ2v) is 6.82. The van der Waals surface area contributed by atoms with E-state index in [1.54, 1.807) is 10.9 Å². The van der Waals surface area contributed by atoms with Crippen molar-refractivity contribution >= 4 is 28.4 Å². The Bertz CT molecular complexity index is 682. The molecule has 1 N–H and O–H groups in total. The third-order valence-electron chi connectivity index (χ3n) is 4.98. The lowest BCUT2D eigenvalue weighted by molar-refractivity contribution is -0.123. The Labute approximate surface area is 135 Å². The van der Waals surface area contributed by atoms with E-state index < -0.39 is 0 Å². The molecule has 3 rings (SSSR count). The first-order chi connectivity index (χ1) is 10.6. The lowest BCUT2D eigenvalue weighted by atomic mass is 9.78. The molecule has 1 aliphatic rings. The Morgan fingerprint density at radius 1 is 1.41 bits per heavy atom. The molecular formula is C17H22ClN3O. The van der Waals surface area contributed by atoms with Crippen LogP contribution < -0.4 is 5.32 Å². The summed E-state index contributed by atoms with van der Waals surface area (Å²) in [5.41, 5.74) is 0.896. The van der Waals surface area contributed by atoms with Crippen molar-refractivity contribution in [2.75, 3.05) is 0 Å². The molecule has 22 heavy (non-hydrogen) atoms. The number of amides is 1. The number of nitrogens with zero attached hydrogens (tertiary/aromatic N) is 2. The Balaban J connectivity index is 1.70. The van der Waals surface area contributed by atoms with E-state index in [1.807, 2.05) is 18.2 Å². The number of hydrogen-bond donors (Lipinski definition) is 1. The molecule has 1 aromatic heterocycles. The minimum absolute atomic E-state index is 0.0240. The van der Waals surface area contributed by atoms with E-state index in [1.165, 1.54) is 12.8 Å². The number of rotatable bonds is 3. The summed E-state index contributed by atoms with van der Waals surface area (Å²) in [4.78, 5) is 12.4. The van der Waals surface area contributed by atoms with Crippen LogP contribution in [0.1, 0.15) is 33.1 Å². The number of carbonyl (C=O) groups excluding carboxylic acids is 1. The van der Waals surface area contributed by atoms with E-state index in [4.69, 9.17) is 11.6 Å². The maximum absolute atomic E-state index is 12.4. The van der Waals surface area contributed by atoms with Crippen molar-refractivity contribution < 1.29 is 4.79 Å². The van der Waals surface area contributed by atoms with Gasteiger partial charge in [-0.25, -0.2) is 0 Å². The molecule has 1 saturated carbocycles. The van der Waals surface area contributed by atoms with Crippen molar-refractivity contribution in [1.29, 1.82) is 0 Å². The molecule has 0 spiro atoms. The summed E-state index contributed by atoms with van der Waals surface area (Å²) < 4.78 is 1.72. The molecule has 4 nitrogen and oxygen atoms in total. The van der Waals surface area contributed by atoms with Crippen molar-refractivity contribution in [2.24, 2.45) is 11.8 Å². The average molecular weight is 320 g/mol. The topological polar surface area (TPSA) is 46.9 Å². The molecule has 0 radical (unpaired) electrons. The van der Waals surface area contributed by atoms with Crippen molar-refractivity contribution in [3.63, 3.8) is 0 Å². The average Bonchev–Trinajstić information content (AvgIpc) is 2.88. The third-order valence-corrected chi connectivity index (χ3v) is 5.31. The van der Waals surface area contributed by atoms with Crippen molar-refractivity contribution in [3.8, 4) is 0 Å². The van der Waals surface area contributed by atoms with Gasteiger partial charge in [-0.2, -0.15) is 5.10 Å². The van der Waals surface area contributed by atoms with Crippen molar-refractivity contribution in [3.05, 3.63) is 29.4 Å². The van der Waals surface area contributed by atoms with Crippen LogP contribution in [-0.4, -0.2) is 21.7 Å². The lowest BCUT2D eigenvalue weighted by Gasteiger charge is -2.34. The summed E-state index contributed by atoms with van der Waals surface area (Å²) in [5, 5.41) is 9.03. The van der Waals surface area contributed by atoms with Gasteiger partial charge < -0.3 is 5.32 Å². The number of halogens is 1. The van der Waals surface area contributed by atoms with Crippen LogP contribution in [0.4, 0.5) is 0 Å². The summed E-state index contributed by atoms with van der Waals surface area (Å²) in [7, 11) is 0. The van der Waals surface area contributed by atoms with Crippen LogP contribution in [0.25, 0.3) is 10.9 Å². The first-order valence-electron chi connectivity index (χ1n) is 7.95. The van der Waals surface area contributed by atoms with E-state index in [0.29, 0.717) is 16.9 Å². The highest BCUT2D eigenvalue weighted by Gasteiger charge is 2.28. The van der Waals surface area contributed by atoms with Crippen LogP contribution in [0, 0.1) is 11.8 Å². The van der Waals surface area contributed by atoms with Gasteiger partial charge >= 0.3 is 0 Å². The summed E-state index contributed by atoms with van der Waals surface area (Å²) in [6, 6.07) is 5.93. The summed E-state index contributed by atoms with van der Waals surface area (Å²) in [6.07, 6.45) is 5.24. The summed E-state index contributed by atoms with van der Waals surface area (Å²) in [5.74, 6) is 1.22. The number of nitrogens with one attached hydrogen (secondary N) is 1. The van der Waals surface area contributed by atoms with E-state index >= 15 is 0 Å². The second kappa shape index (κ2) is 6.29. The molecule has 1 heterocycles. The fourth-order valence-corrected chi connectivity index (χ4v) is 3.59. The minimum atomic E-state index is 0.0240. The van der Waals surface area contributed by atoms with Crippen LogP contribution in [0.2, 0.25) is 5.02 Å². The van der Waals surface area contributed by atoms with E-state index in [9.17, 15) is 4.79 Å². The van der Waals surface area contributed by atoms with Gasteiger partial charge in [-0.05, 0) is 30.4 Å². The van der Waals surface area contributed by atoms with Gasteiger partial charge in [0.2, 0.25) is 5.91 Å². The number of hydrogen-bond acceptors (Lipinski definition) is 2. The molecule has 1 fully saturated rings. The van der Waals surface area contributed by atoms with Gasteiger partial charge in [0.05, 0.1) is 16.7 Å². The predicted molar refractivity (Wildman–Crippen MR) is 88.9 cm³/mol. The van der Waals surface area contributed by atoms with Gasteiger partial charge in [0.1, 0.15) is 6.54 Å². The maximum Gasteiger partial charge on any atom is 0.241 e. The molecule has 0 unspecified atom stereocenters. The zero-order valence-electron chi connectivity index (χ0n) is 13.1. The monoisotopic (exact) mass is 319 g/mol. The lowest BCUT2D eigenvalue weighted by Crippen LogP contribution is -2.44. The van der Waals surface area contributed by atoms with Gasteiger partial charge in [-0.1, -0.05) is 44.4 Å². The Morgan fingerprint density at radius 2 is 2.23 bits per heavy atom. The van der Waals surface area contributed by atoms with Crippen LogP contribution in [0.3, 0.4) is 0 Å². The molecule has 5 heteroatoms. The fourth-order valence-electron chi connectivity index (χ4n) is 3.37. The van der Waals surface area contributed by atoms with Crippen LogP contribution in [-0.2, 0) is 11.3 Å². The largest absolute Gasteiger partial charge is 0.351 e. The maximum atomic E-state index is 12.4. The van der Waals surface area contributed by atoms with Gasteiger partial charge in [0.25, 0.3) is 0 Å². The molecule has 1 amide bonds. The first kappa shape index (κ1) is 15.3. The highest BCUT2D eigenvalue weighted by atomic mass is 35.5. The van der Waals surface area contributed by atoms with Crippen molar-refractivity contribution in [1.82, 2.24) is 15.1 Å². The van der Waals surface area contributed by atoms with Gasteiger partial charge in [0, 0.05) is 11.4 Å². The van der Waals surface area contributed by atoms with E-state index in [0.717, 1.165) is 17.3 Å². The summed E-state index contributed by atoms with van der Waals surface area (Å²) >= 11 is 6.14. The number of fused-ring (bicyclic) bond motifs is 1. The molecule has 2 aromatic rings. The molecular weight excluding hydrogens is 298 g/mol. The molecule has 118 valence electrons. The van der Waals surface area contributed by atoms with Crippen molar-refractivity contribution in [2.45, 2.75) is 45.7 Å². The highest BCUT2D eigenvalue weighted by molar-refractivity contribution is 6.35. The minimum Gasteiger partial charge on any atom is -0.351 e. The zero-order valence-corrected chi connectivity index (χ0v) is 13.8. The first-order valence-corrected chi connectivity index (χ1v) is 8.33. The van der Waals surface area contributed by atoms with E-state index in [2.05, 4.69) is 24.3 Å². The van der Waals surface area contributed by atoms with Gasteiger partial charge in [-0.15, -0.1) is 0 Å². The van der Waals surface area contributed by atoms with Crippen LogP contribution >= 0.6 is 11.6 Å². The van der Waals surface area contributed by atoms with Gasteiger partial charge in [0.15, 0.2) is 0 Å². The normalized spacial score (nSPS) is 25.3. The zero-order chi connectivity index (χ0) is 15.7. The second-order valence-electron chi connectivity index (χ2n) is 6.42. The van der Waals surface area contributed by atoms with Gasteiger partial charge in [-0.3, -0.25) is 9.48 Å². The molecule has 0 saturated heterocycles. The van der Waals surface area contributed by atoms with Crippen LogP contribution in [0.5, 0.6) is 0 Å². The Morgan fingerprint density at radius 3 is 3.05 bits per heavy atom. The standard InChI is InChI=1S/C17H22ClN3O/c1-11-5-3-7-15(12(11)2)20-17(22)10-21-16-8-4-6-14(18)13(16)9-19-21/h4,6,8-9,11-12,15H,3,5,7,10H2,1-2H3,(H,20,22)/t11-,12-,15-/m1/s1. The Hall–Kier alpha value is -1.55. The van der Waals surface area contributed by atoms with Crippen LogP contribution in [0.15, 0.2) is 24.4 Å². The highest BCUT2D eigenvalue weighted by Crippen LogP contribution is 2.29. The summed E-state index contributed by atoms with van der Waals surface area (Å²) in [6.45, 7) is 4.74. The molecule has 1 aliphatic carbocycles. The molecule has 0 bridgehead atoms. The quantitative estimate of drug-likeness (QED) is 0.939. The molecule has 1 aromatic carbocycles. The SMILES string of the molecule is C[C@@H]1[C@H](C)CCC[C@H]1NC(=O)Cn1ncc2c(Cl)cccc21. The molecule has 3 atom stereocenters. The fraction of sp³-hybridized carbons (Fsp3) is 0.529. The molecule has 0 aliphatic heterocycles.